The maximum atomic E-state index is 12.9. The zero-order valence-electron chi connectivity index (χ0n) is 11.0. The second kappa shape index (κ2) is 5.77. The Morgan fingerprint density at radius 2 is 1.81 bits per heavy atom. The lowest BCUT2D eigenvalue weighted by Crippen LogP contribution is -2.19. The van der Waals surface area contributed by atoms with Gasteiger partial charge in [-0.15, -0.1) is 0 Å². The van der Waals surface area contributed by atoms with Crippen molar-refractivity contribution in [3.8, 4) is 0 Å². The minimum Gasteiger partial charge on any atom is -0.322 e. The number of aryl methyl sites for hydroxylation is 1. The fourth-order valence-electron chi connectivity index (χ4n) is 1.85. The standard InChI is InChI=1S/C15H11ClF3NO/c1-9-6-7-10(16)8-13(9)20-14(21)11-4-2-3-5-12(11)15(17,18)19/h2-8H,1H3,(H,20,21). The van der Waals surface area contributed by atoms with Gasteiger partial charge in [0.25, 0.3) is 5.91 Å². The average Bonchev–Trinajstić information content (AvgIpc) is 2.42. The van der Waals surface area contributed by atoms with Crippen molar-refractivity contribution in [2.45, 2.75) is 13.1 Å². The average molecular weight is 314 g/mol. The Labute approximate surface area is 124 Å². The molecule has 0 heterocycles. The van der Waals surface area contributed by atoms with E-state index < -0.39 is 23.2 Å². The molecule has 0 aliphatic rings. The number of benzene rings is 2. The first-order valence-electron chi connectivity index (χ1n) is 6.03. The number of hydrogen-bond donors (Lipinski definition) is 1. The van der Waals surface area contributed by atoms with E-state index in [9.17, 15) is 18.0 Å². The minimum absolute atomic E-state index is 0.379. The van der Waals surface area contributed by atoms with Gasteiger partial charge < -0.3 is 5.32 Å². The van der Waals surface area contributed by atoms with E-state index in [2.05, 4.69) is 5.32 Å². The molecule has 2 aromatic rings. The summed E-state index contributed by atoms with van der Waals surface area (Å²) in [5, 5.41) is 2.85. The van der Waals surface area contributed by atoms with E-state index in [1.54, 1.807) is 19.1 Å². The van der Waals surface area contributed by atoms with Crippen molar-refractivity contribution < 1.29 is 18.0 Å². The molecule has 0 spiro atoms. The van der Waals surface area contributed by atoms with Gasteiger partial charge in [-0.1, -0.05) is 29.8 Å². The summed E-state index contributed by atoms with van der Waals surface area (Å²) < 4.78 is 38.7. The summed E-state index contributed by atoms with van der Waals surface area (Å²) in [4.78, 5) is 12.1. The van der Waals surface area contributed by atoms with E-state index in [1.165, 1.54) is 18.2 Å². The molecule has 1 N–H and O–H groups in total. The lowest BCUT2D eigenvalue weighted by Gasteiger charge is -2.13. The molecule has 0 bridgehead atoms. The molecule has 2 nitrogen and oxygen atoms in total. The first-order chi connectivity index (χ1) is 9.79. The van der Waals surface area contributed by atoms with Crippen LogP contribution in [-0.2, 0) is 6.18 Å². The minimum atomic E-state index is -4.59. The van der Waals surface area contributed by atoms with Crippen LogP contribution in [0.25, 0.3) is 0 Å². The third-order valence-corrected chi connectivity index (χ3v) is 3.16. The van der Waals surface area contributed by atoms with Gasteiger partial charge in [0.15, 0.2) is 0 Å². The van der Waals surface area contributed by atoms with Crippen molar-refractivity contribution in [2.24, 2.45) is 0 Å². The van der Waals surface area contributed by atoms with Gasteiger partial charge in [-0.3, -0.25) is 4.79 Å². The highest BCUT2D eigenvalue weighted by atomic mass is 35.5. The number of anilines is 1. The normalized spacial score (nSPS) is 11.3. The molecule has 0 saturated heterocycles. The topological polar surface area (TPSA) is 29.1 Å². The second-order valence-corrected chi connectivity index (χ2v) is 4.89. The molecule has 0 aromatic heterocycles. The summed E-state index contributed by atoms with van der Waals surface area (Å²) >= 11 is 5.82. The summed E-state index contributed by atoms with van der Waals surface area (Å²) in [5.41, 5.74) is -0.312. The Bertz CT molecular complexity index is 683. The Kier molecular flexibility index (Phi) is 4.23. The maximum Gasteiger partial charge on any atom is 0.417 e. The van der Waals surface area contributed by atoms with Crippen LogP contribution in [0, 0.1) is 6.92 Å². The van der Waals surface area contributed by atoms with Gasteiger partial charge in [0.2, 0.25) is 0 Å². The molecule has 1 amide bonds. The van der Waals surface area contributed by atoms with Gasteiger partial charge in [-0.25, -0.2) is 0 Å². The third kappa shape index (κ3) is 3.55. The zero-order chi connectivity index (χ0) is 15.6. The molecule has 0 atom stereocenters. The molecule has 110 valence electrons. The number of amides is 1. The highest BCUT2D eigenvalue weighted by Crippen LogP contribution is 2.32. The molecule has 0 radical (unpaired) electrons. The van der Waals surface area contributed by atoms with E-state index in [1.807, 2.05) is 0 Å². The third-order valence-electron chi connectivity index (χ3n) is 2.92. The zero-order valence-corrected chi connectivity index (χ0v) is 11.7. The van der Waals surface area contributed by atoms with Crippen LogP contribution in [0.5, 0.6) is 0 Å². The first-order valence-corrected chi connectivity index (χ1v) is 6.40. The van der Waals surface area contributed by atoms with Crippen LogP contribution in [0.4, 0.5) is 18.9 Å². The van der Waals surface area contributed by atoms with Crippen LogP contribution in [0.3, 0.4) is 0 Å². The summed E-state index contributed by atoms with van der Waals surface area (Å²) in [5.74, 6) is -0.826. The monoisotopic (exact) mass is 313 g/mol. The van der Waals surface area contributed by atoms with Gasteiger partial charge in [0.05, 0.1) is 11.1 Å². The predicted molar refractivity (Wildman–Crippen MR) is 75.6 cm³/mol. The molecule has 6 heteroatoms. The van der Waals surface area contributed by atoms with Gasteiger partial charge in [-0.05, 0) is 36.8 Å². The van der Waals surface area contributed by atoms with Crippen LogP contribution in [0.15, 0.2) is 42.5 Å². The highest BCUT2D eigenvalue weighted by molar-refractivity contribution is 6.31. The molecule has 0 aliphatic carbocycles. The first kappa shape index (κ1) is 15.4. The number of halogens is 4. The van der Waals surface area contributed by atoms with E-state index in [0.717, 1.165) is 12.1 Å². The molecule has 2 aromatic carbocycles. The summed E-state index contributed by atoms with van der Waals surface area (Å²) in [6.07, 6.45) is -4.59. The molecule has 21 heavy (non-hydrogen) atoms. The largest absolute Gasteiger partial charge is 0.417 e. The number of nitrogens with one attached hydrogen (secondary N) is 1. The molecule has 0 aliphatic heterocycles. The van der Waals surface area contributed by atoms with Crippen molar-refractivity contribution in [2.75, 3.05) is 5.32 Å². The summed E-state index contributed by atoms with van der Waals surface area (Å²) in [7, 11) is 0. The van der Waals surface area contributed by atoms with Gasteiger partial charge >= 0.3 is 6.18 Å². The molecular weight excluding hydrogens is 303 g/mol. The van der Waals surface area contributed by atoms with Crippen LogP contribution >= 0.6 is 11.6 Å². The van der Waals surface area contributed by atoms with Crippen molar-refractivity contribution in [1.29, 1.82) is 0 Å². The van der Waals surface area contributed by atoms with Gasteiger partial charge in [-0.2, -0.15) is 13.2 Å². The van der Waals surface area contributed by atoms with Crippen molar-refractivity contribution in [3.63, 3.8) is 0 Å². The van der Waals surface area contributed by atoms with Crippen LogP contribution in [0.1, 0.15) is 21.5 Å². The Morgan fingerprint density at radius 1 is 1.14 bits per heavy atom. The maximum absolute atomic E-state index is 12.9. The van der Waals surface area contributed by atoms with E-state index in [4.69, 9.17) is 11.6 Å². The quantitative estimate of drug-likeness (QED) is 0.837. The van der Waals surface area contributed by atoms with Gasteiger partial charge in [0, 0.05) is 10.7 Å². The molecule has 0 fully saturated rings. The Balaban J connectivity index is 2.36. The van der Waals surface area contributed by atoms with Crippen molar-refractivity contribution >= 4 is 23.2 Å². The Morgan fingerprint density at radius 3 is 2.48 bits per heavy atom. The van der Waals surface area contributed by atoms with E-state index >= 15 is 0 Å². The molecule has 2 rings (SSSR count). The predicted octanol–water partition coefficient (Wildman–Crippen LogP) is 4.92. The fraction of sp³-hybridized carbons (Fsp3) is 0.133. The number of rotatable bonds is 2. The summed E-state index contributed by atoms with van der Waals surface area (Å²) in [6, 6.07) is 9.44. The lowest BCUT2D eigenvalue weighted by molar-refractivity contribution is -0.137. The van der Waals surface area contributed by atoms with E-state index in [-0.39, 0.29) is 0 Å². The van der Waals surface area contributed by atoms with E-state index in [0.29, 0.717) is 16.3 Å². The smallest absolute Gasteiger partial charge is 0.322 e. The van der Waals surface area contributed by atoms with Crippen LogP contribution in [-0.4, -0.2) is 5.91 Å². The molecule has 0 saturated carbocycles. The molecule has 0 unspecified atom stereocenters. The summed E-state index contributed by atoms with van der Waals surface area (Å²) in [6.45, 7) is 1.72. The lowest BCUT2D eigenvalue weighted by atomic mass is 10.1. The highest BCUT2D eigenvalue weighted by Gasteiger charge is 2.34. The number of carbonyl (C=O) groups is 1. The van der Waals surface area contributed by atoms with Crippen LogP contribution in [0.2, 0.25) is 5.02 Å². The van der Waals surface area contributed by atoms with Gasteiger partial charge in [0.1, 0.15) is 0 Å². The van der Waals surface area contributed by atoms with Crippen molar-refractivity contribution in [3.05, 3.63) is 64.2 Å². The second-order valence-electron chi connectivity index (χ2n) is 4.46. The number of alkyl halides is 3. The fourth-order valence-corrected chi connectivity index (χ4v) is 2.02. The number of carbonyl (C=O) groups excluding carboxylic acids is 1. The Hall–Kier alpha value is -2.01. The van der Waals surface area contributed by atoms with Crippen LogP contribution < -0.4 is 5.32 Å². The van der Waals surface area contributed by atoms with Crippen molar-refractivity contribution in [1.82, 2.24) is 0 Å². The molecular formula is C15H11ClF3NO. The number of hydrogen-bond acceptors (Lipinski definition) is 1. The SMILES string of the molecule is Cc1ccc(Cl)cc1NC(=O)c1ccccc1C(F)(F)F.